The van der Waals surface area contributed by atoms with Gasteiger partial charge in [-0.05, 0) is 30.3 Å². The maximum atomic E-state index is 13.5. The highest BCUT2D eigenvalue weighted by atomic mass is 19.1. The van der Waals surface area contributed by atoms with Gasteiger partial charge in [0, 0.05) is 5.69 Å². The van der Waals surface area contributed by atoms with E-state index in [-0.39, 0.29) is 5.95 Å². The van der Waals surface area contributed by atoms with Gasteiger partial charge in [0.05, 0.1) is 17.4 Å². The topological polar surface area (TPSA) is 106 Å². The summed E-state index contributed by atoms with van der Waals surface area (Å²) < 4.78 is 15.1. The number of benzene rings is 2. The Balaban J connectivity index is 1.72. The van der Waals surface area contributed by atoms with Crippen LogP contribution in [0.25, 0.3) is 16.9 Å². The predicted molar refractivity (Wildman–Crippen MR) is 91.1 cm³/mol. The van der Waals surface area contributed by atoms with E-state index >= 15 is 0 Å². The van der Waals surface area contributed by atoms with E-state index < -0.39 is 17.3 Å². The zero-order chi connectivity index (χ0) is 18.1. The van der Waals surface area contributed by atoms with Crippen LogP contribution in [0.3, 0.4) is 0 Å². The number of nitrogens with one attached hydrogen (secondary N) is 1. The van der Waals surface area contributed by atoms with E-state index in [1.54, 1.807) is 4.68 Å². The molecule has 0 spiro atoms. The molecule has 4 rings (SSSR count). The number of hydrogen-bond acceptors (Lipinski definition) is 6. The second-order valence-electron chi connectivity index (χ2n) is 5.36. The number of carboxylic acid groups (broad SMARTS) is 1. The average Bonchev–Trinajstić information content (AvgIpc) is 3.07. The van der Waals surface area contributed by atoms with E-state index in [9.17, 15) is 9.18 Å². The van der Waals surface area contributed by atoms with Crippen LogP contribution in [-0.4, -0.2) is 36.0 Å². The lowest BCUT2D eigenvalue weighted by Gasteiger charge is -2.07. The van der Waals surface area contributed by atoms with Gasteiger partial charge >= 0.3 is 5.97 Å². The Morgan fingerprint density at radius 3 is 2.73 bits per heavy atom. The van der Waals surface area contributed by atoms with Crippen molar-refractivity contribution >= 4 is 28.8 Å². The third kappa shape index (κ3) is 2.81. The molecule has 0 aliphatic rings. The van der Waals surface area contributed by atoms with Crippen LogP contribution in [0.2, 0.25) is 0 Å². The van der Waals surface area contributed by atoms with Gasteiger partial charge in [-0.1, -0.05) is 23.4 Å². The molecule has 0 saturated carbocycles. The van der Waals surface area contributed by atoms with Crippen molar-refractivity contribution < 1.29 is 14.3 Å². The van der Waals surface area contributed by atoms with E-state index in [1.165, 1.54) is 18.3 Å². The summed E-state index contributed by atoms with van der Waals surface area (Å²) in [7, 11) is 0. The zero-order valence-corrected chi connectivity index (χ0v) is 13.2. The van der Waals surface area contributed by atoms with Gasteiger partial charge in [0.1, 0.15) is 5.82 Å². The maximum absolute atomic E-state index is 13.5. The first-order valence-electron chi connectivity index (χ1n) is 7.55. The quantitative estimate of drug-likeness (QED) is 0.583. The minimum atomic E-state index is -1.35. The van der Waals surface area contributed by atoms with Gasteiger partial charge in [-0.25, -0.2) is 14.2 Å². The van der Waals surface area contributed by atoms with Crippen LogP contribution in [0.1, 0.15) is 10.4 Å². The van der Waals surface area contributed by atoms with Gasteiger partial charge in [-0.2, -0.15) is 9.67 Å². The second kappa shape index (κ2) is 6.20. The van der Waals surface area contributed by atoms with Crippen molar-refractivity contribution in [3.8, 4) is 5.69 Å². The summed E-state index contributed by atoms with van der Waals surface area (Å²) >= 11 is 0. The molecule has 0 bridgehead atoms. The monoisotopic (exact) mass is 350 g/mol. The Kier molecular flexibility index (Phi) is 3.73. The molecule has 26 heavy (non-hydrogen) atoms. The number of hydrogen-bond donors (Lipinski definition) is 2. The van der Waals surface area contributed by atoms with Crippen molar-refractivity contribution in [2.45, 2.75) is 0 Å². The lowest BCUT2D eigenvalue weighted by molar-refractivity contribution is 0.0692. The number of aromatic nitrogens is 5. The molecule has 0 atom stereocenters. The zero-order valence-electron chi connectivity index (χ0n) is 13.2. The number of halogens is 1. The maximum Gasteiger partial charge on any atom is 0.338 e. The minimum Gasteiger partial charge on any atom is -0.478 e. The number of para-hydroxylation sites is 1. The molecule has 0 saturated heterocycles. The van der Waals surface area contributed by atoms with Crippen LogP contribution in [0, 0.1) is 5.82 Å². The van der Waals surface area contributed by atoms with Gasteiger partial charge in [-0.3, -0.25) is 0 Å². The first-order valence-corrected chi connectivity index (χ1v) is 7.55. The molecule has 8 nitrogen and oxygen atoms in total. The molecular weight excluding hydrogens is 339 g/mol. The third-order valence-electron chi connectivity index (χ3n) is 3.65. The number of fused-ring (bicyclic) bond motifs is 1. The Morgan fingerprint density at radius 1 is 1.15 bits per heavy atom. The van der Waals surface area contributed by atoms with Crippen molar-refractivity contribution in [1.29, 1.82) is 0 Å². The molecule has 0 amide bonds. The van der Waals surface area contributed by atoms with Gasteiger partial charge in [0.25, 0.3) is 0 Å². The fraction of sp³-hybridized carbons (Fsp3) is 0. The largest absolute Gasteiger partial charge is 0.478 e. The van der Waals surface area contributed by atoms with Gasteiger partial charge in [-0.15, -0.1) is 5.10 Å². The highest BCUT2D eigenvalue weighted by Gasteiger charge is 2.13. The summed E-state index contributed by atoms with van der Waals surface area (Å²) in [5.74, 6) is -1.96. The molecule has 2 heterocycles. The fourth-order valence-corrected chi connectivity index (χ4v) is 2.43. The number of rotatable bonds is 4. The van der Waals surface area contributed by atoms with Gasteiger partial charge in [0.2, 0.25) is 5.95 Å². The molecular formula is C17H11FN6O2. The lowest BCUT2D eigenvalue weighted by atomic mass is 10.2. The number of carbonyl (C=O) groups is 1. The second-order valence-corrected chi connectivity index (χ2v) is 5.36. The van der Waals surface area contributed by atoms with Gasteiger partial charge in [0.15, 0.2) is 11.2 Å². The number of anilines is 2. The molecule has 128 valence electrons. The van der Waals surface area contributed by atoms with E-state index in [4.69, 9.17) is 5.11 Å². The molecule has 9 heteroatoms. The number of aromatic carboxylic acids is 1. The summed E-state index contributed by atoms with van der Waals surface area (Å²) in [5, 5.41) is 20.0. The lowest BCUT2D eigenvalue weighted by Crippen LogP contribution is -2.04. The van der Waals surface area contributed by atoms with E-state index in [2.05, 4.69) is 25.6 Å². The summed E-state index contributed by atoms with van der Waals surface area (Å²) in [5.41, 5.74) is 1.68. The Labute approximate surface area is 145 Å². The molecule has 4 aromatic rings. The van der Waals surface area contributed by atoms with Crippen molar-refractivity contribution in [3.63, 3.8) is 0 Å². The molecule has 2 aromatic carbocycles. The predicted octanol–water partition coefficient (Wildman–Crippen LogP) is 2.79. The highest BCUT2D eigenvalue weighted by Crippen LogP contribution is 2.20. The molecule has 0 aliphatic heterocycles. The first kappa shape index (κ1) is 15.6. The van der Waals surface area contributed by atoms with Crippen molar-refractivity contribution in [2.24, 2.45) is 0 Å². The minimum absolute atomic E-state index is 0.208. The van der Waals surface area contributed by atoms with E-state index in [0.717, 1.165) is 11.8 Å². The highest BCUT2D eigenvalue weighted by molar-refractivity contribution is 5.89. The molecule has 0 radical (unpaired) electrons. The van der Waals surface area contributed by atoms with Crippen molar-refractivity contribution in [1.82, 2.24) is 25.0 Å². The normalized spacial score (nSPS) is 10.8. The Morgan fingerprint density at radius 2 is 1.96 bits per heavy atom. The summed E-state index contributed by atoms with van der Waals surface area (Å²) in [4.78, 5) is 19.6. The van der Waals surface area contributed by atoms with E-state index in [1.807, 2.05) is 30.3 Å². The third-order valence-corrected chi connectivity index (χ3v) is 3.65. The average molecular weight is 350 g/mol. The Bertz CT molecular complexity index is 1110. The molecule has 0 fully saturated rings. The van der Waals surface area contributed by atoms with Crippen molar-refractivity contribution in [2.75, 3.05) is 5.32 Å². The van der Waals surface area contributed by atoms with Crippen LogP contribution in [-0.2, 0) is 0 Å². The van der Waals surface area contributed by atoms with Crippen LogP contribution >= 0.6 is 0 Å². The summed E-state index contributed by atoms with van der Waals surface area (Å²) in [6.07, 6.45) is 1.50. The van der Waals surface area contributed by atoms with Crippen LogP contribution < -0.4 is 5.32 Å². The SMILES string of the molecule is O=C(O)c1cc(Nc2ncc3nnn(-c4ccccc4)c3n2)ccc1F. The van der Waals surface area contributed by atoms with Gasteiger partial charge < -0.3 is 10.4 Å². The molecule has 2 aromatic heterocycles. The summed E-state index contributed by atoms with van der Waals surface area (Å²) in [6.45, 7) is 0. The standard InChI is InChI=1S/C17H11FN6O2/c18-13-7-6-10(8-12(13)16(25)26)20-17-19-9-14-15(21-17)24(23-22-14)11-4-2-1-3-5-11/h1-9H,(H,25,26)(H,19,20,21). The van der Waals surface area contributed by atoms with Crippen LogP contribution in [0.15, 0.2) is 54.7 Å². The van der Waals surface area contributed by atoms with Crippen LogP contribution in [0.5, 0.6) is 0 Å². The Hall–Kier alpha value is -3.88. The number of nitrogens with zero attached hydrogens (tertiary/aromatic N) is 5. The smallest absolute Gasteiger partial charge is 0.338 e. The molecule has 0 unspecified atom stereocenters. The fourth-order valence-electron chi connectivity index (χ4n) is 2.43. The summed E-state index contributed by atoms with van der Waals surface area (Å²) in [6, 6.07) is 13.0. The van der Waals surface area contributed by atoms with Crippen molar-refractivity contribution in [3.05, 3.63) is 66.1 Å². The van der Waals surface area contributed by atoms with E-state index in [0.29, 0.717) is 16.9 Å². The molecule has 0 aliphatic carbocycles. The number of carboxylic acids is 1. The van der Waals surface area contributed by atoms with Crippen LogP contribution in [0.4, 0.5) is 16.0 Å². The molecule has 2 N–H and O–H groups in total. The first-order chi connectivity index (χ1) is 12.6.